The van der Waals surface area contributed by atoms with Crippen LogP contribution in [-0.4, -0.2) is 60.0 Å². The van der Waals surface area contributed by atoms with Crippen LogP contribution in [0.2, 0.25) is 0 Å². The Morgan fingerprint density at radius 1 is 0.878 bits per heavy atom. The van der Waals surface area contributed by atoms with Crippen LogP contribution in [0.15, 0.2) is 36.7 Å². The molecule has 10 nitrogen and oxygen atoms in total. The maximum atomic E-state index is 13.2. The summed E-state index contributed by atoms with van der Waals surface area (Å²) in [7, 11) is 0. The lowest BCUT2D eigenvalue weighted by molar-refractivity contribution is -0.163. The molecular formula is C39H59N5O5. The largest absolute Gasteiger partial charge is 0.461 e. The molecule has 2 aromatic rings. The van der Waals surface area contributed by atoms with Gasteiger partial charge in [0, 0.05) is 32.0 Å². The minimum absolute atomic E-state index is 0.0317. The van der Waals surface area contributed by atoms with Crippen molar-refractivity contribution in [3.8, 4) is 0 Å². The average molecular weight is 678 g/mol. The number of carbonyl (C=O) groups is 2. The molecule has 2 aliphatic carbocycles. The van der Waals surface area contributed by atoms with E-state index in [0.717, 1.165) is 58.0 Å². The van der Waals surface area contributed by atoms with Crippen LogP contribution in [0.1, 0.15) is 126 Å². The van der Waals surface area contributed by atoms with Gasteiger partial charge in [0.2, 0.25) is 5.95 Å². The number of nitrogens with one attached hydrogen (secondary N) is 2. The maximum absolute atomic E-state index is 13.2. The molecule has 1 saturated heterocycles. The minimum atomic E-state index is -0.537. The first-order chi connectivity index (χ1) is 23.8. The lowest BCUT2D eigenvalue weighted by Gasteiger charge is -2.32. The predicted molar refractivity (Wildman–Crippen MR) is 191 cm³/mol. The number of rotatable bonds is 17. The SMILES string of the molecule is CC(C)COC(C)ONC(=O)c1cnc(N2CCC(CCCc3ccc(CN[C@H](C(=O)OC4CCCC4)C4CCCCC4)cc3)CC2)nc1. The summed E-state index contributed by atoms with van der Waals surface area (Å²) in [6, 6.07) is 8.73. The number of piperidine rings is 1. The highest BCUT2D eigenvalue weighted by atomic mass is 16.8. The molecule has 2 atom stereocenters. The molecule has 1 amide bonds. The van der Waals surface area contributed by atoms with Crippen LogP contribution in [0.5, 0.6) is 0 Å². The molecule has 2 N–H and O–H groups in total. The highest BCUT2D eigenvalue weighted by molar-refractivity contribution is 5.92. The topological polar surface area (TPSA) is 115 Å². The number of aryl methyl sites for hydroxylation is 1. The minimum Gasteiger partial charge on any atom is -0.461 e. The van der Waals surface area contributed by atoms with Gasteiger partial charge in [-0.15, -0.1) is 0 Å². The van der Waals surface area contributed by atoms with E-state index < -0.39 is 12.2 Å². The first-order valence-corrected chi connectivity index (χ1v) is 19.0. The van der Waals surface area contributed by atoms with Crippen molar-refractivity contribution in [2.45, 2.75) is 136 Å². The summed E-state index contributed by atoms with van der Waals surface area (Å²) in [4.78, 5) is 42.0. The van der Waals surface area contributed by atoms with Crippen molar-refractivity contribution in [2.24, 2.45) is 17.8 Å². The van der Waals surface area contributed by atoms with Gasteiger partial charge in [0.25, 0.3) is 5.91 Å². The van der Waals surface area contributed by atoms with Gasteiger partial charge in [0.1, 0.15) is 12.1 Å². The number of nitrogens with zero attached hydrogens (tertiary/aromatic N) is 3. The van der Waals surface area contributed by atoms with Gasteiger partial charge in [-0.3, -0.25) is 9.59 Å². The molecule has 3 fully saturated rings. The molecular weight excluding hydrogens is 618 g/mol. The van der Waals surface area contributed by atoms with Gasteiger partial charge in [0.15, 0.2) is 6.29 Å². The Balaban J connectivity index is 0.988. The van der Waals surface area contributed by atoms with E-state index >= 15 is 0 Å². The van der Waals surface area contributed by atoms with E-state index in [1.807, 2.05) is 0 Å². The lowest BCUT2D eigenvalue weighted by atomic mass is 9.83. The molecule has 0 spiro atoms. The fraction of sp³-hybridized carbons (Fsp3) is 0.692. The summed E-state index contributed by atoms with van der Waals surface area (Å²) in [5.41, 5.74) is 5.35. The van der Waals surface area contributed by atoms with E-state index in [2.05, 4.69) is 63.8 Å². The van der Waals surface area contributed by atoms with E-state index in [9.17, 15) is 9.59 Å². The Kier molecular flexibility index (Phi) is 14.7. The van der Waals surface area contributed by atoms with Gasteiger partial charge in [0.05, 0.1) is 12.2 Å². The predicted octanol–water partition coefficient (Wildman–Crippen LogP) is 6.92. The molecule has 270 valence electrons. The van der Waals surface area contributed by atoms with E-state index in [-0.39, 0.29) is 18.1 Å². The second-order valence-corrected chi connectivity index (χ2v) is 14.9. The van der Waals surface area contributed by atoms with Crippen molar-refractivity contribution in [1.29, 1.82) is 0 Å². The van der Waals surface area contributed by atoms with Gasteiger partial charge in [-0.05, 0) is 106 Å². The van der Waals surface area contributed by atoms with Crippen LogP contribution in [0, 0.1) is 17.8 Å². The third-order valence-electron chi connectivity index (χ3n) is 10.4. The van der Waals surface area contributed by atoms with Crippen LogP contribution < -0.4 is 15.7 Å². The highest BCUT2D eigenvalue weighted by Crippen LogP contribution is 2.29. The summed E-state index contributed by atoms with van der Waals surface area (Å²) in [5.74, 6) is 1.70. The monoisotopic (exact) mass is 677 g/mol. The number of esters is 1. The molecule has 2 saturated carbocycles. The molecule has 1 aromatic heterocycles. The third-order valence-corrected chi connectivity index (χ3v) is 10.4. The molecule has 49 heavy (non-hydrogen) atoms. The summed E-state index contributed by atoms with van der Waals surface area (Å²) in [5, 5.41) is 3.61. The number of carbonyl (C=O) groups excluding carboxylic acids is 2. The summed E-state index contributed by atoms with van der Waals surface area (Å²) in [6.45, 7) is 8.94. The normalized spacial score (nSPS) is 19.2. The molecule has 2 heterocycles. The number of ether oxygens (including phenoxy) is 2. The summed E-state index contributed by atoms with van der Waals surface area (Å²) < 4.78 is 11.5. The zero-order chi connectivity index (χ0) is 34.4. The second kappa shape index (κ2) is 19.3. The Hall–Kier alpha value is -3.08. The fourth-order valence-corrected chi connectivity index (χ4v) is 7.38. The summed E-state index contributed by atoms with van der Waals surface area (Å²) >= 11 is 0. The molecule has 1 aliphatic heterocycles. The number of hydrogen-bond acceptors (Lipinski definition) is 9. The zero-order valence-corrected chi connectivity index (χ0v) is 30.0. The van der Waals surface area contributed by atoms with Crippen molar-refractivity contribution in [3.63, 3.8) is 0 Å². The number of hydrogen-bond donors (Lipinski definition) is 2. The molecule has 10 heteroatoms. The molecule has 3 aliphatic rings. The smallest absolute Gasteiger partial charge is 0.323 e. The standard InChI is InChI=1S/C39H59N5O5/c1-28(2)27-47-29(3)49-43-37(45)34-25-41-39(42-26-34)44-22-20-31(21-23-44)11-9-10-30-16-18-32(19-17-30)24-40-36(33-12-5-4-6-13-33)38(46)48-35-14-7-8-15-35/h16-19,25-26,28-29,31,33,35-36,40H,4-15,20-24,27H2,1-3H3,(H,43,45)/t29?,36-/m0/s1. The molecule has 5 rings (SSSR count). The van der Waals surface area contributed by atoms with Crippen LogP contribution in [0.3, 0.4) is 0 Å². The molecule has 1 aromatic carbocycles. The number of hydroxylamine groups is 1. The van der Waals surface area contributed by atoms with Gasteiger partial charge in [-0.2, -0.15) is 0 Å². The van der Waals surface area contributed by atoms with E-state index in [4.69, 9.17) is 14.3 Å². The van der Waals surface area contributed by atoms with Crippen LogP contribution in [0.4, 0.5) is 5.95 Å². The lowest BCUT2D eigenvalue weighted by Crippen LogP contribution is -2.45. The first kappa shape index (κ1) is 37.2. The number of amides is 1. The van der Waals surface area contributed by atoms with Crippen molar-refractivity contribution in [3.05, 3.63) is 53.3 Å². The number of benzene rings is 1. The quantitative estimate of drug-likeness (QED) is 0.105. The molecule has 0 radical (unpaired) electrons. The Labute approximate surface area is 293 Å². The average Bonchev–Trinajstić information content (AvgIpc) is 3.64. The van der Waals surface area contributed by atoms with Gasteiger partial charge in [-0.25, -0.2) is 20.3 Å². The van der Waals surface area contributed by atoms with Crippen molar-refractivity contribution in [2.75, 3.05) is 24.6 Å². The Bertz CT molecular complexity index is 1270. The van der Waals surface area contributed by atoms with Crippen molar-refractivity contribution >= 4 is 17.8 Å². The zero-order valence-electron chi connectivity index (χ0n) is 30.0. The number of aromatic nitrogens is 2. The van der Waals surface area contributed by atoms with Crippen LogP contribution in [-0.2, 0) is 32.1 Å². The van der Waals surface area contributed by atoms with Gasteiger partial charge < -0.3 is 19.7 Å². The molecule has 1 unspecified atom stereocenters. The van der Waals surface area contributed by atoms with Gasteiger partial charge >= 0.3 is 5.97 Å². The third kappa shape index (κ3) is 12.0. The highest BCUT2D eigenvalue weighted by Gasteiger charge is 2.32. The van der Waals surface area contributed by atoms with Crippen molar-refractivity contribution < 1.29 is 23.9 Å². The Morgan fingerprint density at radius 3 is 2.20 bits per heavy atom. The van der Waals surface area contributed by atoms with E-state index in [1.165, 1.54) is 56.1 Å². The molecule has 0 bridgehead atoms. The second-order valence-electron chi connectivity index (χ2n) is 14.9. The van der Waals surface area contributed by atoms with Gasteiger partial charge in [-0.1, -0.05) is 57.4 Å². The number of anilines is 1. The van der Waals surface area contributed by atoms with Crippen LogP contribution >= 0.6 is 0 Å². The van der Waals surface area contributed by atoms with E-state index in [1.54, 1.807) is 19.3 Å². The fourth-order valence-electron chi connectivity index (χ4n) is 7.38. The van der Waals surface area contributed by atoms with Crippen LogP contribution in [0.25, 0.3) is 0 Å². The Morgan fingerprint density at radius 2 is 1.53 bits per heavy atom. The summed E-state index contributed by atoms with van der Waals surface area (Å²) in [6.07, 6.45) is 18.7. The van der Waals surface area contributed by atoms with E-state index in [0.29, 0.717) is 42.4 Å². The first-order valence-electron chi connectivity index (χ1n) is 19.0. The maximum Gasteiger partial charge on any atom is 0.323 e. The van der Waals surface area contributed by atoms with Crippen molar-refractivity contribution in [1.82, 2.24) is 20.8 Å².